The summed E-state index contributed by atoms with van der Waals surface area (Å²) in [5, 5.41) is 4.43. The SMILES string of the molecule is Cc1cccc(Nc2nc(-c3ccccc3)c(-c3ccccc3)s2)c1C. The second-order valence-corrected chi connectivity index (χ2v) is 7.30. The van der Waals surface area contributed by atoms with Crippen molar-refractivity contribution >= 4 is 22.2 Å². The van der Waals surface area contributed by atoms with Crippen molar-refractivity contribution in [1.82, 2.24) is 4.98 Å². The van der Waals surface area contributed by atoms with Gasteiger partial charge in [0.2, 0.25) is 0 Å². The lowest BCUT2D eigenvalue weighted by Crippen LogP contribution is -1.94. The van der Waals surface area contributed by atoms with Gasteiger partial charge in [0.1, 0.15) is 0 Å². The molecular weight excluding hydrogens is 336 g/mol. The molecule has 0 spiro atoms. The van der Waals surface area contributed by atoms with Gasteiger partial charge in [0.05, 0.1) is 10.6 Å². The molecule has 0 atom stereocenters. The maximum atomic E-state index is 4.93. The molecule has 0 saturated carbocycles. The zero-order valence-electron chi connectivity index (χ0n) is 14.9. The quantitative estimate of drug-likeness (QED) is 0.433. The zero-order chi connectivity index (χ0) is 17.9. The molecule has 0 fully saturated rings. The third-order valence-electron chi connectivity index (χ3n) is 4.56. The van der Waals surface area contributed by atoms with Crippen molar-refractivity contribution in [1.29, 1.82) is 0 Å². The number of nitrogens with zero attached hydrogens (tertiary/aromatic N) is 1. The molecule has 0 aliphatic rings. The van der Waals surface area contributed by atoms with E-state index >= 15 is 0 Å². The average Bonchev–Trinajstić information content (AvgIpc) is 3.11. The highest BCUT2D eigenvalue weighted by Gasteiger charge is 2.15. The van der Waals surface area contributed by atoms with Gasteiger partial charge in [0.25, 0.3) is 0 Å². The molecule has 4 aromatic rings. The van der Waals surface area contributed by atoms with E-state index < -0.39 is 0 Å². The monoisotopic (exact) mass is 356 g/mol. The van der Waals surface area contributed by atoms with Crippen molar-refractivity contribution in [2.24, 2.45) is 0 Å². The molecule has 3 heteroatoms. The minimum absolute atomic E-state index is 0.913. The number of hydrogen-bond acceptors (Lipinski definition) is 3. The number of thiazole rings is 1. The van der Waals surface area contributed by atoms with Gasteiger partial charge < -0.3 is 5.32 Å². The average molecular weight is 356 g/mol. The smallest absolute Gasteiger partial charge is 0.188 e. The van der Waals surface area contributed by atoms with Crippen LogP contribution in [0.15, 0.2) is 78.9 Å². The number of hydrogen-bond donors (Lipinski definition) is 1. The second-order valence-electron chi connectivity index (χ2n) is 6.30. The zero-order valence-corrected chi connectivity index (χ0v) is 15.7. The van der Waals surface area contributed by atoms with E-state index in [4.69, 9.17) is 4.98 Å². The van der Waals surface area contributed by atoms with Crippen LogP contribution < -0.4 is 5.32 Å². The van der Waals surface area contributed by atoms with Crippen molar-refractivity contribution in [3.63, 3.8) is 0 Å². The van der Waals surface area contributed by atoms with E-state index in [2.05, 4.69) is 85.9 Å². The lowest BCUT2D eigenvalue weighted by molar-refractivity contribution is 1.31. The molecule has 0 aliphatic carbocycles. The number of aromatic nitrogens is 1. The Morgan fingerprint density at radius 3 is 2.08 bits per heavy atom. The van der Waals surface area contributed by atoms with Gasteiger partial charge in [-0.15, -0.1) is 0 Å². The van der Waals surface area contributed by atoms with E-state index in [0.29, 0.717) is 0 Å². The van der Waals surface area contributed by atoms with Crippen LogP contribution >= 0.6 is 11.3 Å². The standard InChI is InChI=1S/C23H20N2S/c1-16-10-9-15-20(17(16)2)24-23-25-21(18-11-5-3-6-12-18)22(26-23)19-13-7-4-8-14-19/h3-15H,1-2H3,(H,24,25). The molecule has 26 heavy (non-hydrogen) atoms. The molecule has 0 unspecified atom stereocenters. The van der Waals surface area contributed by atoms with E-state index in [9.17, 15) is 0 Å². The van der Waals surface area contributed by atoms with Crippen LogP contribution in [-0.2, 0) is 0 Å². The third kappa shape index (κ3) is 3.26. The molecule has 1 N–H and O–H groups in total. The van der Waals surface area contributed by atoms with Crippen LogP contribution in [0.4, 0.5) is 10.8 Å². The summed E-state index contributed by atoms with van der Waals surface area (Å²) >= 11 is 1.69. The predicted molar refractivity (Wildman–Crippen MR) is 112 cm³/mol. The number of benzene rings is 3. The van der Waals surface area contributed by atoms with Gasteiger partial charge in [-0.05, 0) is 36.6 Å². The summed E-state index contributed by atoms with van der Waals surface area (Å²) in [4.78, 5) is 6.12. The third-order valence-corrected chi connectivity index (χ3v) is 5.58. The van der Waals surface area contributed by atoms with Crippen LogP contribution in [0.3, 0.4) is 0 Å². The predicted octanol–water partition coefficient (Wildman–Crippen LogP) is 6.84. The van der Waals surface area contributed by atoms with Crippen molar-refractivity contribution in [2.45, 2.75) is 13.8 Å². The van der Waals surface area contributed by atoms with Gasteiger partial charge in [-0.3, -0.25) is 0 Å². The van der Waals surface area contributed by atoms with Crippen LogP contribution in [0, 0.1) is 13.8 Å². The fourth-order valence-electron chi connectivity index (χ4n) is 2.95. The highest BCUT2D eigenvalue weighted by Crippen LogP contribution is 2.40. The normalized spacial score (nSPS) is 10.7. The van der Waals surface area contributed by atoms with Crippen molar-refractivity contribution in [2.75, 3.05) is 5.32 Å². The van der Waals surface area contributed by atoms with E-state index in [1.807, 2.05) is 12.1 Å². The van der Waals surface area contributed by atoms with Gasteiger partial charge in [-0.2, -0.15) is 0 Å². The Balaban J connectivity index is 1.80. The van der Waals surface area contributed by atoms with E-state index in [-0.39, 0.29) is 0 Å². The maximum Gasteiger partial charge on any atom is 0.188 e. The Morgan fingerprint density at radius 1 is 0.731 bits per heavy atom. The van der Waals surface area contributed by atoms with Gasteiger partial charge in [-0.25, -0.2) is 4.98 Å². The lowest BCUT2D eigenvalue weighted by Gasteiger charge is -2.08. The van der Waals surface area contributed by atoms with Crippen molar-refractivity contribution < 1.29 is 0 Å². The van der Waals surface area contributed by atoms with Crippen molar-refractivity contribution in [3.05, 3.63) is 90.0 Å². The molecule has 3 aromatic carbocycles. The Morgan fingerprint density at radius 2 is 1.38 bits per heavy atom. The largest absolute Gasteiger partial charge is 0.331 e. The minimum atomic E-state index is 0.913. The molecule has 2 nitrogen and oxygen atoms in total. The molecule has 1 heterocycles. The van der Waals surface area contributed by atoms with Crippen LogP contribution in [0.2, 0.25) is 0 Å². The molecule has 1 aromatic heterocycles. The molecule has 0 radical (unpaired) electrons. The lowest BCUT2D eigenvalue weighted by atomic mass is 10.1. The van der Waals surface area contributed by atoms with Gasteiger partial charge in [-0.1, -0.05) is 84.1 Å². The number of nitrogens with one attached hydrogen (secondary N) is 1. The molecular formula is C23H20N2S. The number of anilines is 2. The first-order valence-electron chi connectivity index (χ1n) is 8.67. The maximum absolute atomic E-state index is 4.93. The summed E-state index contributed by atoms with van der Waals surface area (Å²) < 4.78 is 0. The van der Waals surface area contributed by atoms with Gasteiger partial charge in [0.15, 0.2) is 5.13 Å². The van der Waals surface area contributed by atoms with Gasteiger partial charge >= 0.3 is 0 Å². The van der Waals surface area contributed by atoms with Gasteiger partial charge in [0, 0.05) is 11.3 Å². The number of rotatable bonds is 4. The van der Waals surface area contributed by atoms with E-state index in [1.54, 1.807) is 11.3 Å². The second kappa shape index (κ2) is 7.14. The highest BCUT2D eigenvalue weighted by molar-refractivity contribution is 7.19. The molecule has 0 bridgehead atoms. The Kier molecular flexibility index (Phi) is 4.55. The topological polar surface area (TPSA) is 24.9 Å². The fraction of sp³-hybridized carbons (Fsp3) is 0.0870. The van der Waals surface area contributed by atoms with Crippen LogP contribution in [0.25, 0.3) is 21.7 Å². The summed E-state index contributed by atoms with van der Waals surface area (Å²) in [5.41, 5.74) is 6.99. The van der Waals surface area contributed by atoms with Crippen LogP contribution in [-0.4, -0.2) is 4.98 Å². The first kappa shape index (κ1) is 16.6. The first-order chi connectivity index (χ1) is 12.7. The van der Waals surface area contributed by atoms with E-state index in [0.717, 1.165) is 22.1 Å². The fourth-order valence-corrected chi connectivity index (χ4v) is 3.96. The number of aryl methyl sites for hydroxylation is 1. The highest BCUT2D eigenvalue weighted by atomic mass is 32.1. The van der Waals surface area contributed by atoms with E-state index in [1.165, 1.54) is 21.6 Å². The summed E-state index contributed by atoms with van der Waals surface area (Å²) in [7, 11) is 0. The molecule has 4 rings (SSSR count). The molecule has 0 amide bonds. The minimum Gasteiger partial charge on any atom is -0.331 e. The molecule has 128 valence electrons. The summed E-state index contributed by atoms with van der Waals surface area (Å²) in [6.45, 7) is 4.27. The Labute approximate surface area is 158 Å². The van der Waals surface area contributed by atoms with Crippen LogP contribution in [0.5, 0.6) is 0 Å². The Bertz CT molecular complexity index is 964. The summed E-state index contributed by atoms with van der Waals surface area (Å²) in [5.74, 6) is 0. The summed E-state index contributed by atoms with van der Waals surface area (Å²) in [6, 6.07) is 27.2. The molecule has 0 saturated heterocycles. The summed E-state index contributed by atoms with van der Waals surface area (Å²) in [6.07, 6.45) is 0. The molecule has 0 aliphatic heterocycles. The van der Waals surface area contributed by atoms with Crippen molar-refractivity contribution in [3.8, 4) is 21.7 Å². The Hall–Kier alpha value is -2.91. The first-order valence-corrected chi connectivity index (χ1v) is 9.49. The van der Waals surface area contributed by atoms with Crippen LogP contribution in [0.1, 0.15) is 11.1 Å².